The number of alkyl halides is 3. The molecule has 1 aliphatic heterocycles. The second-order valence-corrected chi connectivity index (χ2v) is 5.83. The number of aromatic nitrogens is 1. The van der Waals surface area contributed by atoms with Crippen molar-refractivity contribution in [2.45, 2.75) is 44.1 Å². The molecule has 0 spiro atoms. The lowest BCUT2D eigenvalue weighted by atomic mass is 9.97. The highest BCUT2D eigenvalue weighted by Gasteiger charge is 2.46. The van der Waals surface area contributed by atoms with Crippen molar-refractivity contribution in [1.82, 2.24) is 9.88 Å². The van der Waals surface area contributed by atoms with Crippen LogP contribution in [0.4, 0.5) is 18.3 Å². The standard InChI is InChI=1S/C11H16F3N3OS.ClH/c12-11(13,14)9(18)8-3-1-2-4-17(8)6-7-5-16-10(15)19-7;/h5,8-9,18H,1-4,6H2,(H2,15,16);1H. The Hall–Kier alpha value is -0.570. The van der Waals surface area contributed by atoms with Crippen LogP contribution in [0, 0.1) is 0 Å². The summed E-state index contributed by atoms with van der Waals surface area (Å²) in [5, 5.41) is 9.86. The molecule has 2 atom stereocenters. The van der Waals surface area contributed by atoms with Gasteiger partial charge < -0.3 is 10.8 Å². The van der Waals surface area contributed by atoms with Crippen LogP contribution in [0.25, 0.3) is 0 Å². The number of aliphatic hydroxyl groups excluding tert-OH is 1. The van der Waals surface area contributed by atoms with Gasteiger partial charge in [-0.2, -0.15) is 13.2 Å². The lowest BCUT2D eigenvalue weighted by Crippen LogP contribution is -2.51. The Labute approximate surface area is 125 Å². The van der Waals surface area contributed by atoms with E-state index in [4.69, 9.17) is 5.73 Å². The molecule has 0 bridgehead atoms. The van der Waals surface area contributed by atoms with E-state index >= 15 is 0 Å². The van der Waals surface area contributed by atoms with Crippen LogP contribution in [0.2, 0.25) is 0 Å². The number of nitrogens with two attached hydrogens (primary N) is 1. The predicted octanol–water partition coefficient (Wildman–Crippen LogP) is 2.42. The van der Waals surface area contributed by atoms with Gasteiger partial charge in [0.1, 0.15) is 0 Å². The monoisotopic (exact) mass is 331 g/mol. The van der Waals surface area contributed by atoms with Crippen molar-refractivity contribution in [2.75, 3.05) is 12.3 Å². The number of likely N-dealkylation sites (tertiary alicyclic amines) is 1. The first kappa shape index (κ1) is 17.5. The molecule has 2 rings (SSSR count). The van der Waals surface area contributed by atoms with E-state index in [1.807, 2.05) is 0 Å². The number of anilines is 1. The minimum Gasteiger partial charge on any atom is -0.382 e. The molecule has 2 unspecified atom stereocenters. The van der Waals surface area contributed by atoms with E-state index in [0.717, 1.165) is 11.3 Å². The summed E-state index contributed by atoms with van der Waals surface area (Å²) >= 11 is 1.26. The first-order chi connectivity index (χ1) is 8.88. The van der Waals surface area contributed by atoms with Crippen molar-refractivity contribution in [1.29, 1.82) is 0 Å². The molecule has 0 aromatic carbocycles. The number of rotatable bonds is 3. The SMILES string of the molecule is Cl.Nc1ncc(CN2CCCCC2C(O)C(F)(F)F)s1. The Bertz CT molecular complexity index is 429. The first-order valence-corrected chi connectivity index (χ1v) is 6.88. The number of thiazole rings is 1. The van der Waals surface area contributed by atoms with Gasteiger partial charge in [0.15, 0.2) is 11.2 Å². The number of aliphatic hydroxyl groups is 1. The van der Waals surface area contributed by atoms with Crippen molar-refractivity contribution in [3.63, 3.8) is 0 Å². The highest BCUT2D eigenvalue weighted by atomic mass is 35.5. The fraction of sp³-hybridized carbons (Fsp3) is 0.727. The average molecular weight is 332 g/mol. The normalized spacial score (nSPS) is 22.3. The van der Waals surface area contributed by atoms with Gasteiger partial charge in [0, 0.05) is 23.7 Å². The molecule has 1 aliphatic rings. The van der Waals surface area contributed by atoms with E-state index in [1.165, 1.54) is 11.3 Å². The summed E-state index contributed by atoms with van der Waals surface area (Å²) in [5.74, 6) is 0. The molecule has 3 N–H and O–H groups in total. The van der Waals surface area contributed by atoms with Crippen LogP contribution in [0.5, 0.6) is 0 Å². The van der Waals surface area contributed by atoms with Crippen molar-refractivity contribution in [2.24, 2.45) is 0 Å². The summed E-state index contributed by atoms with van der Waals surface area (Å²) in [6.45, 7) is 0.905. The summed E-state index contributed by atoms with van der Waals surface area (Å²) in [5.41, 5.74) is 5.51. The fourth-order valence-corrected chi connectivity index (χ4v) is 3.09. The van der Waals surface area contributed by atoms with Crippen molar-refractivity contribution in [3.05, 3.63) is 11.1 Å². The number of piperidine rings is 1. The van der Waals surface area contributed by atoms with Crippen LogP contribution < -0.4 is 5.73 Å². The van der Waals surface area contributed by atoms with E-state index in [1.54, 1.807) is 11.1 Å². The fourth-order valence-electron chi connectivity index (χ4n) is 2.38. The molecule has 0 amide bonds. The van der Waals surface area contributed by atoms with E-state index in [9.17, 15) is 18.3 Å². The Morgan fingerprint density at radius 1 is 1.50 bits per heavy atom. The van der Waals surface area contributed by atoms with Crippen LogP contribution >= 0.6 is 23.7 Å². The molecule has 1 fully saturated rings. The van der Waals surface area contributed by atoms with Gasteiger partial charge >= 0.3 is 6.18 Å². The maximum Gasteiger partial charge on any atom is 0.415 e. The summed E-state index contributed by atoms with van der Waals surface area (Å²) in [6, 6.07) is -0.878. The number of hydrogen-bond acceptors (Lipinski definition) is 5. The third-order valence-corrected chi connectivity index (χ3v) is 4.11. The zero-order chi connectivity index (χ0) is 14.0. The number of nitrogen functional groups attached to an aromatic ring is 1. The number of halogens is 4. The Balaban J connectivity index is 0.00000200. The topological polar surface area (TPSA) is 62.4 Å². The van der Waals surface area contributed by atoms with Crippen molar-refractivity contribution in [3.8, 4) is 0 Å². The van der Waals surface area contributed by atoms with E-state index in [-0.39, 0.29) is 12.4 Å². The van der Waals surface area contributed by atoms with Crippen LogP contribution in [-0.4, -0.2) is 39.9 Å². The number of nitrogens with zero attached hydrogens (tertiary/aromatic N) is 2. The second-order valence-electron chi connectivity index (χ2n) is 4.68. The zero-order valence-corrected chi connectivity index (χ0v) is 12.3. The third-order valence-electron chi connectivity index (χ3n) is 3.29. The summed E-state index contributed by atoms with van der Waals surface area (Å²) in [7, 11) is 0. The molecular formula is C11H17ClF3N3OS. The van der Waals surface area contributed by atoms with Crippen molar-refractivity contribution < 1.29 is 18.3 Å². The minimum atomic E-state index is -4.58. The van der Waals surface area contributed by atoms with Gasteiger partial charge in [-0.1, -0.05) is 6.42 Å². The molecule has 1 aromatic heterocycles. The average Bonchev–Trinajstić information content (AvgIpc) is 2.73. The van der Waals surface area contributed by atoms with E-state index in [2.05, 4.69) is 4.98 Å². The van der Waals surface area contributed by atoms with Gasteiger partial charge in [0.05, 0.1) is 0 Å². The molecule has 0 radical (unpaired) electrons. The molecule has 1 aromatic rings. The smallest absolute Gasteiger partial charge is 0.382 e. The van der Waals surface area contributed by atoms with Crippen LogP contribution in [0.1, 0.15) is 24.1 Å². The van der Waals surface area contributed by atoms with Crippen LogP contribution in [0.3, 0.4) is 0 Å². The minimum absolute atomic E-state index is 0. The molecule has 0 aliphatic carbocycles. The van der Waals surface area contributed by atoms with E-state index < -0.39 is 18.3 Å². The summed E-state index contributed by atoms with van der Waals surface area (Å²) in [4.78, 5) is 6.38. The highest BCUT2D eigenvalue weighted by Crippen LogP contribution is 2.31. The lowest BCUT2D eigenvalue weighted by Gasteiger charge is -2.38. The number of hydrogen-bond donors (Lipinski definition) is 2. The maximum absolute atomic E-state index is 12.6. The Morgan fingerprint density at radius 2 is 2.20 bits per heavy atom. The second kappa shape index (κ2) is 6.93. The zero-order valence-electron chi connectivity index (χ0n) is 10.6. The van der Waals surface area contributed by atoms with Gasteiger partial charge in [-0.15, -0.1) is 23.7 Å². The van der Waals surface area contributed by atoms with Crippen LogP contribution in [-0.2, 0) is 6.54 Å². The predicted molar refractivity (Wildman–Crippen MR) is 73.9 cm³/mol. The molecule has 4 nitrogen and oxygen atoms in total. The Kier molecular flexibility index (Phi) is 6.06. The van der Waals surface area contributed by atoms with Crippen LogP contribution in [0.15, 0.2) is 6.20 Å². The van der Waals surface area contributed by atoms with Gasteiger partial charge in [-0.25, -0.2) is 4.98 Å². The third kappa shape index (κ3) is 4.21. The Morgan fingerprint density at radius 3 is 2.75 bits per heavy atom. The quantitative estimate of drug-likeness (QED) is 0.893. The molecule has 9 heteroatoms. The molecule has 0 saturated carbocycles. The summed E-state index contributed by atoms with van der Waals surface area (Å²) in [6.07, 6.45) is -3.39. The van der Waals surface area contributed by atoms with Gasteiger partial charge in [0.2, 0.25) is 0 Å². The molecule has 1 saturated heterocycles. The van der Waals surface area contributed by atoms with Crippen molar-refractivity contribution >= 4 is 28.9 Å². The van der Waals surface area contributed by atoms with Gasteiger partial charge in [0.25, 0.3) is 0 Å². The van der Waals surface area contributed by atoms with Gasteiger partial charge in [-0.05, 0) is 19.4 Å². The van der Waals surface area contributed by atoms with Gasteiger partial charge in [-0.3, -0.25) is 4.90 Å². The highest BCUT2D eigenvalue weighted by molar-refractivity contribution is 7.15. The molecule has 20 heavy (non-hydrogen) atoms. The molecule has 116 valence electrons. The lowest BCUT2D eigenvalue weighted by molar-refractivity contribution is -0.225. The van der Waals surface area contributed by atoms with E-state index in [0.29, 0.717) is 31.1 Å². The maximum atomic E-state index is 12.6. The summed E-state index contributed by atoms with van der Waals surface area (Å²) < 4.78 is 37.9. The largest absolute Gasteiger partial charge is 0.415 e. The molecule has 2 heterocycles. The molecular weight excluding hydrogens is 315 g/mol. The first-order valence-electron chi connectivity index (χ1n) is 6.07.